The second-order valence-corrected chi connectivity index (χ2v) is 8.50. The summed E-state index contributed by atoms with van der Waals surface area (Å²) in [5.74, 6) is -0.454. The van der Waals surface area contributed by atoms with E-state index in [4.69, 9.17) is 4.74 Å². The molecular formula is C21H30N6O4. The molecule has 0 aliphatic carbocycles. The van der Waals surface area contributed by atoms with Crippen LogP contribution >= 0.6 is 0 Å². The molecule has 0 bridgehead atoms. The van der Waals surface area contributed by atoms with E-state index >= 15 is 0 Å². The molecule has 0 fully saturated rings. The number of amides is 2. The van der Waals surface area contributed by atoms with Crippen molar-refractivity contribution in [2.24, 2.45) is 5.41 Å². The highest BCUT2D eigenvalue weighted by atomic mass is 16.6. The van der Waals surface area contributed by atoms with Crippen LogP contribution in [0.5, 0.6) is 0 Å². The molecule has 0 atom stereocenters. The van der Waals surface area contributed by atoms with Crippen LogP contribution in [0.1, 0.15) is 43.4 Å². The highest BCUT2D eigenvalue weighted by molar-refractivity contribution is 5.76. The second kappa shape index (κ2) is 10.1. The molecule has 31 heavy (non-hydrogen) atoms. The molecule has 2 aromatic heterocycles. The Morgan fingerprint density at radius 3 is 2.52 bits per heavy atom. The van der Waals surface area contributed by atoms with E-state index in [1.807, 2.05) is 46.8 Å². The molecule has 2 heterocycles. The number of pyridine rings is 1. The average Bonchev–Trinajstić information content (AvgIpc) is 2.67. The van der Waals surface area contributed by atoms with Crippen molar-refractivity contribution in [3.05, 3.63) is 51.3 Å². The monoisotopic (exact) mass is 430 g/mol. The van der Waals surface area contributed by atoms with Gasteiger partial charge >= 0.3 is 6.09 Å². The molecule has 0 radical (unpaired) electrons. The van der Waals surface area contributed by atoms with Gasteiger partial charge in [0.2, 0.25) is 11.7 Å². The van der Waals surface area contributed by atoms with Crippen LogP contribution in [0.4, 0.5) is 10.6 Å². The first kappa shape index (κ1) is 23.8. The third-order valence-electron chi connectivity index (χ3n) is 4.29. The minimum Gasteiger partial charge on any atom is -0.448 e. The van der Waals surface area contributed by atoms with Gasteiger partial charge in [-0.05, 0) is 37.8 Å². The second-order valence-electron chi connectivity index (χ2n) is 8.50. The van der Waals surface area contributed by atoms with Gasteiger partial charge in [-0.3, -0.25) is 24.6 Å². The summed E-state index contributed by atoms with van der Waals surface area (Å²) in [7, 11) is 0. The lowest BCUT2D eigenvalue weighted by Gasteiger charge is -2.18. The lowest BCUT2D eigenvalue weighted by Crippen LogP contribution is -2.38. The van der Waals surface area contributed by atoms with Gasteiger partial charge in [-0.25, -0.2) is 15.2 Å². The van der Waals surface area contributed by atoms with Gasteiger partial charge in [-0.2, -0.15) is 0 Å². The Bertz CT molecular complexity index is 1010. The predicted molar refractivity (Wildman–Crippen MR) is 116 cm³/mol. The zero-order chi connectivity index (χ0) is 23.2. The summed E-state index contributed by atoms with van der Waals surface area (Å²) >= 11 is 0. The normalized spacial score (nSPS) is 11.0. The number of hydrogen-bond donors (Lipinski definition) is 3. The van der Waals surface area contributed by atoms with E-state index in [1.54, 1.807) is 6.92 Å². The third kappa shape index (κ3) is 7.40. The number of ether oxygens (including phenoxy) is 1. The number of nitrogens with zero attached hydrogens (tertiary/aromatic N) is 3. The number of hydrazine groups is 1. The van der Waals surface area contributed by atoms with Crippen molar-refractivity contribution in [1.29, 1.82) is 0 Å². The number of rotatable bonds is 7. The molecule has 3 N–H and O–H groups in total. The number of carbonyl (C=O) groups is 2. The summed E-state index contributed by atoms with van der Waals surface area (Å²) in [5, 5.41) is 2.79. The SMILES string of the molecule is Cc1ccc(CNC(=O)Cn2c(C)cnc(NNC(=O)OCC(C)(C)C)c2=O)c(C)n1. The molecule has 2 amide bonds. The van der Waals surface area contributed by atoms with Crippen molar-refractivity contribution in [2.45, 2.75) is 54.6 Å². The molecule has 0 spiro atoms. The number of anilines is 1. The Labute approximate surface area is 181 Å². The Kier molecular flexibility index (Phi) is 7.73. The molecular weight excluding hydrogens is 400 g/mol. The van der Waals surface area contributed by atoms with E-state index < -0.39 is 11.7 Å². The number of carbonyl (C=O) groups excluding carboxylic acids is 2. The van der Waals surface area contributed by atoms with Crippen LogP contribution in [-0.2, 0) is 22.6 Å². The molecule has 0 saturated heterocycles. The van der Waals surface area contributed by atoms with E-state index in [0.29, 0.717) is 12.2 Å². The lowest BCUT2D eigenvalue weighted by atomic mass is 9.99. The molecule has 10 heteroatoms. The maximum atomic E-state index is 12.7. The molecule has 2 aromatic rings. The summed E-state index contributed by atoms with van der Waals surface area (Å²) in [4.78, 5) is 45.2. The quantitative estimate of drug-likeness (QED) is 0.573. The molecule has 0 aliphatic heterocycles. The van der Waals surface area contributed by atoms with Gasteiger partial charge in [0.05, 0.1) is 6.61 Å². The summed E-state index contributed by atoms with van der Waals surface area (Å²) in [6.07, 6.45) is 0.704. The van der Waals surface area contributed by atoms with Crippen molar-refractivity contribution in [1.82, 2.24) is 25.3 Å². The van der Waals surface area contributed by atoms with E-state index in [1.165, 1.54) is 10.8 Å². The number of hydrogen-bond acceptors (Lipinski definition) is 7. The Balaban J connectivity index is 1.99. The van der Waals surface area contributed by atoms with Crippen molar-refractivity contribution < 1.29 is 14.3 Å². The summed E-state index contributed by atoms with van der Waals surface area (Å²) in [5.41, 5.74) is 7.15. The van der Waals surface area contributed by atoms with Gasteiger partial charge in [0.1, 0.15) is 6.54 Å². The fourth-order valence-corrected chi connectivity index (χ4v) is 2.58. The van der Waals surface area contributed by atoms with Gasteiger partial charge < -0.3 is 10.1 Å². The summed E-state index contributed by atoms with van der Waals surface area (Å²) in [6.45, 7) is 11.6. The number of nitrogens with one attached hydrogen (secondary N) is 3. The zero-order valence-corrected chi connectivity index (χ0v) is 18.8. The molecule has 0 saturated carbocycles. The fourth-order valence-electron chi connectivity index (χ4n) is 2.58. The smallest absolute Gasteiger partial charge is 0.426 e. The van der Waals surface area contributed by atoms with E-state index in [2.05, 4.69) is 26.1 Å². The first-order chi connectivity index (χ1) is 14.5. The van der Waals surface area contributed by atoms with Gasteiger partial charge in [-0.15, -0.1) is 0 Å². The predicted octanol–water partition coefficient (Wildman–Crippen LogP) is 1.98. The van der Waals surface area contributed by atoms with Crippen LogP contribution < -0.4 is 21.7 Å². The largest absolute Gasteiger partial charge is 0.448 e. The number of aryl methyl sites for hydroxylation is 3. The third-order valence-corrected chi connectivity index (χ3v) is 4.29. The topological polar surface area (TPSA) is 127 Å². The van der Waals surface area contributed by atoms with Crippen LogP contribution in [0.15, 0.2) is 23.1 Å². The Morgan fingerprint density at radius 2 is 1.87 bits per heavy atom. The minimum atomic E-state index is -0.733. The van der Waals surface area contributed by atoms with Crippen molar-refractivity contribution >= 4 is 17.8 Å². The van der Waals surface area contributed by atoms with Gasteiger partial charge in [0.15, 0.2) is 0 Å². The first-order valence-corrected chi connectivity index (χ1v) is 9.91. The van der Waals surface area contributed by atoms with E-state index in [-0.39, 0.29) is 30.3 Å². The molecule has 168 valence electrons. The molecule has 0 unspecified atom stereocenters. The molecule has 2 rings (SSSR count). The molecule has 0 aromatic carbocycles. The fraction of sp³-hybridized carbons (Fsp3) is 0.476. The Morgan fingerprint density at radius 1 is 1.16 bits per heavy atom. The highest BCUT2D eigenvalue weighted by Gasteiger charge is 2.15. The van der Waals surface area contributed by atoms with Crippen LogP contribution in [0.25, 0.3) is 0 Å². The van der Waals surface area contributed by atoms with E-state index in [9.17, 15) is 14.4 Å². The van der Waals surface area contributed by atoms with Crippen molar-refractivity contribution in [3.8, 4) is 0 Å². The van der Waals surface area contributed by atoms with Gasteiger partial charge in [0, 0.05) is 29.8 Å². The van der Waals surface area contributed by atoms with E-state index in [0.717, 1.165) is 17.0 Å². The van der Waals surface area contributed by atoms with Crippen LogP contribution in [0.2, 0.25) is 0 Å². The molecule has 0 aliphatic rings. The first-order valence-electron chi connectivity index (χ1n) is 9.91. The van der Waals surface area contributed by atoms with Crippen molar-refractivity contribution in [2.75, 3.05) is 12.0 Å². The Hall–Kier alpha value is -3.43. The summed E-state index contributed by atoms with van der Waals surface area (Å²) in [6, 6.07) is 3.79. The minimum absolute atomic E-state index is 0.121. The van der Waals surface area contributed by atoms with Crippen LogP contribution in [0, 0.1) is 26.2 Å². The lowest BCUT2D eigenvalue weighted by molar-refractivity contribution is -0.121. The number of aromatic nitrogens is 3. The highest BCUT2D eigenvalue weighted by Crippen LogP contribution is 2.12. The standard InChI is InChI=1S/C21H30N6O4/c1-13-7-8-16(15(3)24-13)10-22-17(28)11-27-14(2)9-23-18(19(27)29)25-26-20(30)31-12-21(4,5)6/h7-9H,10-12H2,1-6H3,(H,22,28)(H,23,25)(H,26,30). The van der Waals surface area contributed by atoms with Crippen molar-refractivity contribution in [3.63, 3.8) is 0 Å². The maximum Gasteiger partial charge on any atom is 0.426 e. The molecule has 10 nitrogen and oxygen atoms in total. The summed E-state index contributed by atoms with van der Waals surface area (Å²) < 4.78 is 6.33. The average molecular weight is 431 g/mol. The van der Waals surface area contributed by atoms with Gasteiger partial charge in [-0.1, -0.05) is 26.8 Å². The van der Waals surface area contributed by atoms with Crippen LogP contribution in [0.3, 0.4) is 0 Å². The van der Waals surface area contributed by atoms with Crippen LogP contribution in [-0.4, -0.2) is 33.1 Å². The maximum absolute atomic E-state index is 12.7. The van der Waals surface area contributed by atoms with Gasteiger partial charge in [0.25, 0.3) is 5.56 Å². The zero-order valence-electron chi connectivity index (χ0n) is 18.8.